The van der Waals surface area contributed by atoms with Crippen LogP contribution in [0.4, 0.5) is 5.69 Å². The number of hydrogen-bond donors (Lipinski definition) is 1. The van der Waals surface area contributed by atoms with Crippen LogP contribution >= 0.6 is 0 Å². The van der Waals surface area contributed by atoms with E-state index < -0.39 is 4.92 Å². The summed E-state index contributed by atoms with van der Waals surface area (Å²) in [7, 11) is 1.59. The average molecular weight is 337 g/mol. The maximum atomic E-state index is 12.6. The first kappa shape index (κ1) is 16.4. The summed E-state index contributed by atoms with van der Waals surface area (Å²) in [6, 6.07) is 14.4. The summed E-state index contributed by atoms with van der Waals surface area (Å²) >= 11 is 0. The molecule has 1 heterocycles. The molecule has 0 atom stereocenters. The first-order valence-electron chi connectivity index (χ1n) is 7.56. The number of hydrogen-bond acceptors (Lipinski definition) is 4. The molecule has 0 unspecified atom stereocenters. The number of carbonyl (C=O) groups excluding carboxylic acids is 1. The van der Waals surface area contributed by atoms with Gasteiger partial charge in [-0.2, -0.15) is 0 Å². The second kappa shape index (κ2) is 6.56. The minimum absolute atomic E-state index is 0.138. The Balaban J connectivity index is 1.91. The molecule has 3 aromatic rings. The van der Waals surface area contributed by atoms with E-state index in [0.29, 0.717) is 11.1 Å². The monoisotopic (exact) mass is 337 g/mol. The number of carbonyl (C=O) groups is 1. The lowest BCUT2D eigenvalue weighted by molar-refractivity contribution is -0.384. The molecule has 0 bridgehead atoms. The van der Waals surface area contributed by atoms with Gasteiger partial charge in [0.2, 0.25) is 5.56 Å². The molecule has 3 rings (SSSR count). The van der Waals surface area contributed by atoms with Gasteiger partial charge in [-0.25, -0.2) is 0 Å². The molecular formula is C18H15N3O4. The molecule has 0 aliphatic heterocycles. The zero-order chi connectivity index (χ0) is 18.0. The highest BCUT2D eigenvalue weighted by molar-refractivity contribution is 5.95. The average Bonchev–Trinajstić information content (AvgIpc) is 2.61. The molecule has 0 aliphatic carbocycles. The third kappa shape index (κ3) is 3.40. The van der Waals surface area contributed by atoms with Crippen LogP contribution in [0.3, 0.4) is 0 Å². The first-order chi connectivity index (χ1) is 12.0. The van der Waals surface area contributed by atoms with Crippen LogP contribution in [-0.2, 0) is 6.54 Å². The quantitative estimate of drug-likeness (QED) is 0.585. The molecular weight excluding hydrogens is 322 g/mol. The maximum absolute atomic E-state index is 12.6. The number of nitrogens with one attached hydrogen (secondary N) is 1. The Hall–Kier alpha value is -3.48. The Morgan fingerprint density at radius 2 is 1.92 bits per heavy atom. The summed E-state index contributed by atoms with van der Waals surface area (Å²) in [5, 5.41) is 11.7. The van der Waals surface area contributed by atoms with Gasteiger partial charge >= 0.3 is 0 Å². The van der Waals surface area contributed by atoms with Crippen LogP contribution in [0.25, 0.3) is 10.9 Å². The Bertz CT molecular complexity index is 1030. The van der Waals surface area contributed by atoms with E-state index in [1.54, 1.807) is 13.1 Å². The van der Waals surface area contributed by atoms with Crippen molar-refractivity contribution in [3.63, 3.8) is 0 Å². The van der Waals surface area contributed by atoms with Crippen LogP contribution in [0.5, 0.6) is 0 Å². The molecule has 0 radical (unpaired) electrons. The number of pyridine rings is 1. The molecule has 1 aromatic heterocycles. The maximum Gasteiger partial charge on any atom is 0.270 e. The van der Waals surface area contributed by atoms with Crippen molar-refractivity contribution in [2.24, 2.45) is 0 Å². The fraction of sp³-hybridized carbons (Fsp3) is 0.111. The normalized spacial score (nSPS) is 10.6. The summed E-state index contributed by atoms with van der Waals surface area (Å²) in [5.74, 6) is -0.354. The van der Waals surface area contributed by atoms with Gasteiger partial charge in [0.25, 0.3) is 11.6 Å². The van der Waals surface area contributed by atoms with Crippen molar-refractivity contribution in [2.75, 3.05) is 7.05 Å². The number of aromatic amines is 1. The lowest BCUT2D eigenvalue weighted by atomic mass is 10.1. The highest BCUT2D eigenvalue weighted by Crippen LogP contribution is 2.18. The summed E-state index contributed by atoms with van der Waals surface area (Å²) in [4.78, 5) is 38.9. The van der Waals surface area contributed by atoms with Crippen LogP contribution in [-0.4, -0.2) is 27.8 Å². The van der Waals surface area contributed by atoms with E-state index >= 15 is 0 Å². The van der Waals surface area contributed by atoms with Crippen molar-refractivity contribution < 1.29 is 9.72 Å². The largest absolute Gasteiger partial charge is 0.337 e. The fourth-order valence-electron chi connectivity index (χ4n) is 2.71. The Morgan fingerprint density at radius 1 is 1.16 bits per heavy atom. The minimum atomic E-state index is -0.541. The third-order valence-corrected chi connectivity index (χ3v) is 3.89. The van der Waals surface area contributed by atoms with Crippen molar-refractivity contribution in [3.8, 4) is 0 Å². The zero-order valence-electron chi connectivity index (χ0n) is 13.4. The molecule has 126 valence electrons. The third-order valence-electron chi connectivity index (χ3n) is 3.89. The molecule has 0 spiro atoms. The van der Waals surface area contributed by atoms with Gasteiger partial charge in [-0.05, 0) is 17.7 Å². The molecule has 0 saturated heterocycles. The van der Waals surface area contributed by atoms with E-state index in [4.69, 9.17) is 0 Å². The summed E-state index contributed by atoms with van der Waals surface area (Å²) in [5.41, 5.74) is 1.25. The second-order valence-electron chi connectivity index (χ2n) is 5.67. The molecule has 2 aromatic carbocycles. The molecule has 7 heteroatoms. The summed E-state index contributed by atoms with van der Waals surface area (Å²) < 4.78 is 0. The van der Waals surface area contributed by atoms with Gasteiger partial charge in [-0.15, -0.1) is 0 Å². The molecule has 25 heavy (non-hydrogen) atoms. The predicted octanol–water partition coefficient (Wildman–Crippen LogP) is 2.71. The van der Waals surface area contributed by atoms with Gasteiger partial charge in [0.1, 0.15) is 0 Å². The molecule has 7 nitrogen and oxygen atoms in total. The lowest BCUT2D eigenvalue weighted by Gasteiger charge is -2.18. The molecule has 1 N–H and O–H groups in total. The van der Waals surface area contributed by atoms with Gasteiger partial charge in [0.05, 0.1) is 4.92 Å². The highest BCUT2D eigenvalue weighted by atomic mass is 16.6. The number of benzene rings is 2. The van der Waals surface area contributed by atoms with E-state index in [0.717, 1.165) is 5.39 Å². The number of aromatic nitrogens is 1. The van der Waals surface area contributed by atoms with Crippen molar-refractivity contribution in [3.05, 3.63) is 86.2 Å². The van der Waals surface area contributed by atoms with Crippen LogP contribution in [0.15, 0.2) is 59.4 Å². The Morgan fingerprint density at radius 3 is 2.68 bits per heavy atom. The fourth-order valence-corrected chi connectivity index (χ4v) is 2.71. The number of nitrogens with zero attached hydrogens (tertiary/aromatic N) is 2. The van der Waals surface area contributed by atoms with E-state index in [2.05, 4.69) is 4.98 Å². The molecule has 0 saturated carbocycles. The molecule has 0 fully saturated rings. The van der Waals surface area contributed by atoms with Crippen LogP contribution in [0, 0.1) is 10.1 Å². The number of nitro benzene ring substituents is 1. The number of non-ortho nitro benzene ring substituents is 1. The second-order valence-corrected chi connectivity index (χ2v) is 5.67. The van der Waals surface area contributed by atoms with Crippen molar-refractivity contribution >= 4 is 22.5 Å². The van der Waals surface area contributed by atoms with Crippen LogP contribution in [0.1, 0.15) is 15.9 Å². The van der Waals surface area contributed by atoms with E-state index in [-0.39, 0.29) is 29.3 Å². The highest BCUT2D eigenvalue weighted by Gasteiger charge is 2.16. The smallest absolute Gasteiger partial charge is 0.270 e. The lowest BCUT2D eigenvalue weighted by Crippen LogP contribution is -2.27. The van der Waals surface area contributed by atoms with Gasteiger partial charge in [0.15, 0.2) is 0 Å². The van der Waals surface area contributed by atoms with Gasteiger partial charge in [-0.3, -0.25) is 19.7 Å². The molecule has 1 amide bonds. The summed E-state index contributed by atoms with van der Waals surface area (Å²) in [6.45, 7) is 0.214. The van der Waals surface area contributed by atoms with Gasteiger partial charge < -0.3 is 9.88 Å². The SMILES string of the molecule is CN(Cc1cc(=O)[nH]c2ccccc12)C(=O)c1cccc([N+](=O)[O-])c1. The number of amides is 1. The first-order valence-corrected chi connectivity index (χ1v) is 7.56. The Labute approximate surface area is 142 Å². The van der Waals surface area contributed by atoms with Crippen LogP contribution in [0.2, 0.25) is 0 Å². The standard InChI is InChI=1S/C18H15N3O4/c1-20(18(23)12-5-4-6-14(9-12)21(24)25)11-13-10-17(22)19-16-8-3-2-7-15(13)16/h2-10H,11H2,1H3,(H,19,22). The number of nitro groups is 1. The van der Waals surface area contributed by atoms with Crippen LogP contribution < -0.4 is 5.56 Å². The van der Waals surface area contributed by atoms with Gasteiger partial charge in [-0.1, -0.05) is 24.3 Å². The minimum Gasteiger partial charge on any atom is -0.337 e. The van der Waals surface area contributed by atoms with E-state index in [9.17, 15) is 19.7 Å². The number of para-hydroxylation sites is 1. The van der Waals surface area contributed by atoms with Crippen molar-refractivity contribution in [1.29, 1.82) is 0 Å². The zero-order valence-corrected chi connectivity index (χ0v) is 13.4. The number of fused-ring (bicyclic) bond motifs is 1. The Kier molecular flexibility index (Phi) is 4.30. The summed E-state index contributed by atoms with van der Waals surface area (Å²) in [6.07, 6.45) is 0. The molecule has 0 aliphatic rings. The number of rotatable bonds is 4. The predicted molar refractivity (Wildman–Crippen MR) is 93.5 cm³/mol. The van der Waals surface area contributed by atoms with Gasteiger partial charge in [0, 0.05) is 48.3 Å². The topological polar surface area (TPSA) is 96.3 Å². The van der Waals surface area contributed by atoms with E-state index in [1.807, 2.05) is 18.2 Å². The van der Waals surface area contributed by atoms with E-state index in [1.165, 1.54) is 35.2 Å². The van der Waals surface area contributed by atoms with Crippen molar-refractivity contribution in [1.82, 2.24) is 9.88 Å². The number of H-pyrrole nitrogens is 1. The van der Waals surface area contributed by atoms with Crippen molar-refractivity contribution in [2.45, 2.75) is 6.54 Å².